The maximum absolute atomic E-state index is 13.0. The Bertz CT molecular complexity index is 312. The van der Waals surface area contributed by atoms with Gasteiger partial charge in [0.25, 0.3) is 0 Å². The lowest BCUT2D eigenvalue weighted by atomic mass is 10.2. The molecule has 0 aliphatic carbocycles. The fraction of sp³-hybridized carbons (Fsp3) is 0.125. The molecule has 0 heterocycles. The third kappa shape index (κ3) is 2.17. The summed E-state index contributed by atoms with van der Waals surface area (Å²) in [4.78, 5) is 0. The van der Waals surface area contributed by atoms with Crippen LogP contribution in [0.15, 0.2) is 18.2 Å². The predicted octanol–water partition coefficient (Wildman–Crippen LogP) is 1.79. The number of rotatable bonds is 1. The van der Waals surface area contributed by atoms with Crippen LogP contribution in [0, 0.1) is 12.7 Å². The second-order valence-corrected chi connectivity index (χ2v) is 2.91. The minimum absolute atomic E-state index is 0.0674. The van der Waals surface area contributed by atoms with Crippen LogP contribution in [0.5, 0.6) is 0 Å². The molecule has 0 radical (unpaired) electrons. The van der Waals surface area contributed by atoms with Gasteiger partial charge in [-0.3, -0.25) is 0 Å². The zero-order chi connectivity index (χ0) is 9.14. The van der Waals surface area contributed by atoms with E-state index in [1.807, 2.05) is 6.92 Å². The van der Waals surface area contributed by atoms with Crippen molar-refractivity contribution in [1.29, 1.82) is 0 Å². The van der Waals surface area contributed by atoms with Crippen LogP contribution in [0.2, 0.25) is 0 Å². The third-order valence-corrected chi connectivity index (χ3v) is 1.48. The van der Waals surface area contributed by atoms with Crippen LogP contribution in [-0.2, 0) is 0 Å². The normalized spacial score (nSPS) is 9.50. The Morgan fingerprint density at radius 1 is 1.58 bits per heavy atom. The van der Waals surface area contributed by atoms with Crippen molar-refractivity contribution in [3.63, 3.8) is 0 Å². The molecular formula is C8H9FN2S. The number of aryl methyl sites for hydroxylation is 1. The Morgan fingerprint density at radius 2 is 2.25 bits per heavy atom. The van der Waals surface area contributed by atoms with Gasteiger partial charge in [-0.1, -0.05) is 6.07 Å². The zero-order valence-corrected chi connectivity index (χ0v) is 7.41. The first-order chi connectivity index (χ1) is 5.59. The van der Waals surface area contributed by atoms with Crippen molar-refractivity contribution in [2.45, 2.75) is 6.92 Å². The molecule has 0 spiro atoms. The summed E-state index contributed by atoms with van der Waals surface area (Å²) in [6, 6.07) is 4.80. The standard InChI is InChI=1S/C8H9FN2S/c1-5-2-3-7(6(9)4-5)11-8(10)12/h2-4H,1H3,(H3,10,11,12). The number of benzene rings is 1. The molecule has 0 bridgehead atoms. The molecule has 0 atom stereocenters. The molecule has 0 aromatic heterocycles. The van der Waals surface area contributed by atoms with Gasteiger partial charge in [-0.2, -0.15) is 0 Å². The number of nitrogens with two attached hydrogens (primary N) is 1. The summed E-state index contributed by atoms with van der Waals surface area (Å²) in [6.45, 7) is 1.81. The molecular weight excluding hydrogens is 175 g/mol. The molecule has 0 fully saturated rings. The molecule has 0 unspecified atom stereocenters. The molecule has 0 saturated carbocycles. The summed E-state index contributed by atoms with van der Waals surface area (Å²) in [5.41, 5.74) is 6.36. The number of hydrogen-bond acceptors (Lipinski definition) is 1. The van der Waals surface area contributed by atoms with Crippen molar-refractivity contribution in [2.24, 2.45) is 5.73 Å². The number of halogens is 1. The van der Waals surface area contributed by atoms with Crippen LogP contribution in [0.1, 0.15) is 5.56 Å². The molecule has 1 rings (SSSR count). The van der Waals surface area contributed by atoms with Crippen LogP contribution < -0.4 is 11.1 Å². The Kier molecular flexibility index (Phi) is 2.60. The first kappa shape index (κ1) is 8.93. The first-order valence-electron chi connectivity index (χ1n) is 3.42. The minimum atomic E-state index is -0.345. The molecule has 2 nitrogen and oxygen atoms in total. The highest BCUT2D eigenvalue weighted by Crippen LogP contribution is 2.14. The zero-order valence-electron chi connectivity index (χ0n) is 6.60. The van der Waals surface area contributed by atoms with E-state index in [4.69, 9.17) is 5.73 Å². The van der Waals surface area contributed by atoms with E-state index < -0.39 is 0 Å². The highest BCUT2D eigenvalue weighted by molar-refractivity contribution is 7.80. The van der Waals surface area contributed by atoms with Crippen LogP contribution in [0.25, 0.3) is 0 Å². The van der Waals surface area contributed by atoms with Gasteiger partial charge in [0.1, 0.15) is 5.82 Å². The average Bonchev–Trinajstić information content (AvgIpc) is 1.94. The molecule has 0 amide bonds. The lowest BCUT2D eigenvalue weighted by molar-refractivity contribution is 0.631. The fourth-order valence-corrected chi connectivity index (χ4v) is 0.964. The second-order valence-electron chi connectivity index (χ2n) is 2.47. The molecule has 0 aliphatic rings. The van der Waals surface area contributed by atoms with E-state index in [0.717, 1.165) is 5.56 Å². The highest BCUT2D eigenvalue weighted by atomic mass is 32.1. The Balaban J connectivity index is 2.93. The molecule has 0 saturated heterocycles. The second kappa shape index (κ2) is 3.49. The van der Waals surface area contributed by atoms with E-state index in [1.54, 1.807) is 12.1 Å². The summed E-state index contributed by atoms with van der Waals surface area (Å²) in [5.74, 6) is -0.345. The molecule has 64 valence electrons. The summed E-state index contributed by atoms with van der Waals surface area (Å²) < 4.78 is 13.0. The van der Waals surface area contributed by atoms with Crippen LogP contribution in [-0.4, -0.2) is 5.11 Å². The largest absolute Gasteiger partial charge is 0.376 e. The lowest BCUT2D eigenvalue weighted by Gasteiger charge is -2.04. The smallest absolute Gasteiger partial charge is 0.168 e. The molecule has 1 aromatic rings. The van der Waals surface area contributed by atoms with Crippen LogP contribution in [0.4, 0.5) is 10.1 Å². The predicted molar refractivity (Wildman–Crippen MR) is 51.5 cm³/mol. The molecule has 3 N–H and O–H groups in total. The summed E-state index contributed by atoms with van der Waals surface area (Å²) in [6.07, 6.45) is 0. The quantitative estimate of drug-likeness (QED) is 0.653. The van der Waals surface area contributed by atoms with Gasteiger partial charge >= 0.3 is 0 Å². The van der Waals surface area contributed by atoms with E-state index in [9.17, 15) is 4.39 Å². The maximum atomic E-state index is 13.0. The van der Waals surface area contributed by atoms with Gasteiger partial charge in [0.05, 0.1) is 5.69 Å². The highest BCUT2D eigenvalue weighted by Gasteiger charge is 2.00. The van der Waals surface area contributed by atoms with E-state index in [-0.39, 0.29) is 10.9 Å². The van der Waals surface area contributed by atoms with Gasteiger partial charge in [0.2, 0.25) is 0 Å². The number of anilines is 1. The van der Waals surface area contributed by atoms with Crippen LogP contribution >= 0.6 is 12.2 Å². The molecule has 12 heavy (non-hydrogen) atoms. The molecule has 1 aromatic carbocycles. The monoisotopic (exact) mass is 184 g/mol. The van der Waals surface area contributed by atoms with Gasteiger partial charge in [0.15, 0.2) is 5.11 Å². The third-order valence-electron chi connectivity index (χ3n) is 1.38. The van der Waals surface area contributed by atoms with E-state index in [1.165, 1.54) is 6.07 Å². The van der Waals surface area contributed by atoms with Gasteiger partial charge in [-0.05, 0) is 36.8 Å². The van der Waals surface area contributed by atoms with E-state index in [0.29, 0.717) is 5.69 Å². The Morgan fingerprint density at radius 3 is 2.75 bits per heavy atom. The topological polar surface area (TPSA) is 38.0 Å². The Labute approximate surface area is 75.6 Å². The fourth-order valence-electron chi connectivity index (χ4n) is 0.854. The van der Waals surface area contributed by atoms with Crippen molar-refractivity contribution in [3.05, 3.63) is 29.6 Å². The first-order valence-corrected chi connectivity index (χ1v) is 3.83. The number of hydrogen-bond donors (Lipinski definition) is 2. The molecule has 4 heteroatoms. The maximum Gasteiger partial charge on any atom is 0.168 e. The SMILES string of the molecule is Cc1ccc(NC(N)=S)c(F)c1. The summed E-state index contributed by atoms with van der Waals surface area (Å²) >= 11 is 4.57. The van der Waals surface area contributed by atoms with Crippen molar-refractivity contribution in [2.75, 3.05) is 5.32 Å². The van der Waals surface area contributed by atoms with Gasteiger partial charge in [-0.25, -0.2) is 4.39 Å². The van der Waals surface area contributed by atoms with E-state index in [2.05, 4.69) is 17.5 Å². The van der Waals surface area contributed by atoms with Crippen molar-refractivity contribution in [1.82, 2.24) is 0 Å². The van der Waals surface area contributed by atoms with Crippen LogP contribution in [0.3, 0.4) is 0 Å². The number of thiocarbonyl (C=S) groups is 1. The number of nitrogens with one attached hydrogen (secondary N) is 1. The van der Waals surface area contributed by atoms with Crippen molar-refractivity contribution >= 4 is 23.0 Å². The average molecular weight is 184 g/mol. The van der Waals surface area contributed by atoms with Gasteiger partial charge in [-0.15, -0.1) is 0 Å². The molecule has 0 aliphatic heterocycles. The van der Waals surface area contributed by atoms with Crippen molar-refractivity contribution in [3.8, 4) is 0 Å². The lowest BCUT2D eigenvalue weighted by Crippen LogP contribution is -2.19. The van der Waals surface area contributed by atoms with Gasteiger partial charge in [0, 0.05) is 0 Å². The summed E-state index contributed by atoms with van der Waals surface area (Å²) in [7, 11) is 0. The summed E-state index contributed by atoms with van der Waals surface area (Å²) in [5, 5.41) is 2.60. The Hall–Kier alpha value is -1.16. The van der Waals surface area contributed by atoms with Gasteiger partial charge < -0.3 is 11.1 Å². The minimum Gasteiger partial charge on any atom is -0.376 e. The van der Waals surface area contributed by atoms with E-state index >= 15 is 0 Å². The van der Waals surface area contributed by atoms with Crippen molar-refractivity contribution < 1.29 is 4.39 Å².